The smallest absolute Gasteiger partial charge is 0.287 e. The zero-order chi connectivity index (χ0) is 12.1. The van der Waals surface area contributed by atoms with Gasteiger partial charge in [-0.25, -0.2) is 4.79 Å². The summed E-state index contributed by atoms with van der Waals surface area (Å²) >= 11 is 0. The van der Waals surface area contributed by atoms with Gasteiger partial charge in [-0.3, -0.25) is 9.78 Å². The van der Waals surface area contributed by atoms with Crippen molar-refractivity contribution in [1.29, 1.82) is 0 Å². The van der Waals surface area contributed by atoms with E-state index in [2.05, 4.69) is 24.8 Å². The summed E-state index contributed by atoms with van der Waals surface area (Å²) in [5, 5.41) is 0. The van der Waals surface area contributed by atoms with E-state index in [0.717, 1.165) is 12.0 Å². The standard InChI is InChI=1S/C13H18O3/c1-5-11-8-12(9(2)3)6-7-13(11)16-15-10(4)14/h6-9H,5H2,1-4H3. The molecule has 0 aliphatic heterocycles. The van der Waals surface area contributed by atoms with Crippen molar-refractivity contribution in [2.24, 2.45) is 0 Å². The zero-order valence-electron chi connectivity index (χ0n) is 10.2. The highest BCUT2D eigenvalue weighted by Gasteiger charge is 2.08. The van der Waals surface area contributed by atoms with E-state index in [1.165, 1.54) is 12.5 Å². The summed E-state index contributed by atoms with van der Waals surface area (Å²) in [5.41, 5.74) is 2.31. The molecule has 0 N–H and O–H groups in total. The Morgan fingerprint density at radius 3 is 2.56 bits per heavy atom. The Bertz CT molecular complexity index is 369. The fraction of sp³-hybridized carbons (Fsp3) is 0.462. The van der Waals surface area contributed by atoms with Crippen LogP contribution in [0.15, 0.2) is 18.2 Å². The second-order valence-corrected chi connectivity index (χ2v) is 4.03. The van der Waals surface area contributed by atoms with Crippen molar-refractivity contribution in [1.82, 2.24) is 0 Å². The van der Waals surface area contributed by atoms with Gasteiger partial charge in [0.2, 0.25) is 0 Å². The number of hydrogen-bond acceptors (Lipinski definition) is 3. The summed E-state index contributed by atoms with van der Waals surface area (Å²) in [7, 11) is 0. The first-order valence-electron chi connectivity index (χ1n) is 5.52. The molecule has 0 aromatic heterocycles. The van der Waals surface area contributed by atoms with Crippen molar-refractivity contribution in [3.63, 3.8) is 0 Å². The van der Waals surface area contributed by atoms with Crippen molar-refractivity contribution in [2.45, 2.75) is 40.0 Å². The van der Waals surface area contributed by atoms with Crippen molar-refractivity contribution in [3.8, 4) is 5.75 Å². The minimum atomic E-state index is -0.449. The second kappa shape index (κ2) is 5.54. The first kappa shape index (κ1) is 12.6. The number of carbonyl (C=O) groups is 1. The Kier molecular flexibility index (Phi) is 4.35. The third-order valence-electron chi connectivity index (χ3n) is 2.38. The van der Waals surface area contributed by atoms with Crippen LogP contribution < -0.4 is 4.89 Å². The molecule has 16 heavy (non-hydrogen) atoms. The predicted octanol–water partition coefficient (Wildman–Crippen LogP) is 3.23. The highest BCUT2D eigenvalue weighted by atomic mass is 17.2. The van der Waals surface area contributed by atoms with Gasteiger partial charge in [0, 0.05) is 6.92 Å². The molecule has 0 aliphatic rings. The topological polar surface area (TPSA) is 35.5 Å². The van der Waals surface area contributed by atoms with Crippen molar-refractivity contribution < 1.29 is 14.6 Å². The van der Waals surface area contributed by atoms with E-state index in [1.54, 1.807) is 0 Å². The van der Waals surface area contributed by atoms with E-state index < -0.39 is 5.97 Å². The monoisotopic (exact) mass is 222 g/mol. The lowest BCUT2D eigenvalue weighted by Gasteiger charge is -2.11. The third kappa shape index (κ3) is 3.26. The van der Waals surface area contributed by atoms with Crippen LogP contribution >= 0.6 is 0 Å². The van der Waals surface area contributed by atoms with Gasteiger partial charge in [-0.1, -0.05) is 32.9 Å². The lowest BCUT2D eigenvalue weighted by molar-refractivity contribution is -0.211. The molecule has 0 bridgehead atoms. The van der Waals surface area contributed by atoms with Crippen molar-refractivity contribution >= 4 is 5.97 Å². The van der Waals surface area contributed by atoms with E-state index in [-0.39, 0.29) is 0 Å². The van der Waals surface area contributed by atoms with E-state index in [4.69, 9.17) is 4.89 Å². The van der Waals surface area contributed by atoms with Gasteiger partial charge in [-0.05, 0) is 29.5 Å². The van der Waals surface area contributed by atoms with Crippen molar-refractivity contribution in [3.05, 3.63) is 29.3 Å². The summed E-state index contributed by atoms with van der Waals surface area (Å²) in [4.78, 5) is 20.2. The molecule has 0 aliphatic carbocycles. The van der Waals surface area contributed by atoms with Gasteiger partial charge >= 0.3 is 5.97 Å². The van der Waals surface area contributed by atoms with Gasteiger partial charge in [0.25, 0.3) is 0 Å². The highest BCUT2D eigenvalue weighted by molar-refractivity contribution is 5.65. The van der Waals surface area contributed by atoms with Gasteiger partial charge in [-0.15, -0.1) is 0 Å². The Balaban J connectivity index is 2.88. The number of hydrogen-bond donors (Lipinski definition) is 0. The molecule has 0 amide bonds. The maximum atomic E-state index is 10.6. The maximum absolute atomic E-state index is 10.6. The molecule has 0 saturated carbocycles. The normalized spacial score (nSPS) is 10.3. The van der Waals surface area contributed by atoms with Crippen LogP contribution in [0.1, 0.15) is 44.7 Å². The maximum Gasteiger partial charge on any atom is 0.352 e. The molecule has 88 valence electrons. The number of aryl methyl sites for hydroxylation is 1. The van der Waals surface area contributed by atoms with Crippen molar-refractivity contribution in [2.75, 3.05) is 0 Å². The van der Waals surface area contributed by atoms with E-state index >= 15 is 0 Å². The van der Waals surface area contributed by atoms with Crippen LogP contribution in [0.4, 0.5) is 0 Å². The molecule has 0 heterocycles. The van der Waals surface area contributed by atoms with Crippen LogP contribution in [-0.4, -0.2) is 5.97 Å². The van der Waals surface area contributed by atoms with E-state index in [0.29, 0.717) is 11.7 Å². The first-order chi connectivity index (χ1) is 7.54. The largest absolute Gasteiger partial charge is 0.352 e. The van der Waals surface area contributed by atoms with E-state index in [9.17, 15) is 4.79 Å². The second-order valence-electron chi connectivity index (χ2n) is 4.03. The average molecular weight is 222 g/mol. The summed E-state index contributed by atoms with van der Waals surface area (Å²) < 4.78 is 0. The molecular weight excluding hydrogens is 204 g/mol. The molecule has 1 aromatic rings. The Morgan fingerprint density at radius 1 is 1.38 bits per heavy atom. The molecule has 0 atom stereocenters. The predicted molar refractivity (Wildman–Crippen MR) is 62.3 cm³/mol. The van der Waals surface area contributed by atoms with Gasteiger partial charge in [0.15, 0.2) is 5.75 Å². The van der Waals surface area contributed by atoms with Crippen LogP contribution in [0.25, 0.3) is 0 Å². The Labute approximate surface area is 96.3 Å². The summed E-state index contributed by atoms with van der Waals surface area (Å²) in [5.74, 6) is 0.644. The summed E-state index contributed by atoms with van der Waals surface area (Å²) in [6, 6.07) is 5.92. The molecule has 1 aromatic carbocycles. The molecule has 0 radical (unpaired) electrons. The van der Waals surface area contributed by atoms with Gasteiger partial charge in [0.1, 0.15) is 0 Å². The molecule has 3 nitrogen and oxygen atoms in total. The molecule has 3 heteroatoms. The van der Waals surface area contributed by atoms with Crippen LogP contribution in [0, 0.1) is 0 Å². The zero-order valence-corrected chi connectivity index (χ0v) is 10.2. The minimum absolute atomic E-state index is 0.449. The van der Waals surface area contributed by atoms with Crippen LogP contribution in [0.5, 0.6) is 5.75 Å². The lowest BCUT2D eigenvalue weighted by atomic mass is 9.99. The SMILES string of the molecule is CCc1cc(C(C)C)ccc1OOC(C)=O. The molecule has 1 rings (SSSR count). The number of rotatable bonds is 4. The number of benzene rings is 1. The quantitative estimate of drug-likeness (QED) is 0.579. The molecule has 0 unspecified atom stereocenters. The third-order valence-corrected chi connectivity index (χ3v) is 2.38. The minimum Gasteiger partial charge on any atom is -0.287 e. The van der Waals surface area contributed by atoms with E-state index in [1.807, 2.05) is 19.1 Å². The molecule has 0 fully saturated rings. The fourth-order valence-electron chi connectivity index (χ4n) is 1.42. The van der Waals surface area contributed by atoms with Gasteiger partial charge in [0.05, 0.1) is 0 Å². The molecule has 0 spiro atoms. The first-order valence-corrected chi connectivity index (χ1v) is 5.52. The number of carbonyl (C=O) groups excluding carboxylic acids is 1. The van der Waals surface area contributed by atoms with Crippen LogP contribution in [0.2, 0.25) is 0 Å². The van der Waals surface area contributed by atoms with Crippen LogP contribution in [-0.2, 0) is 16.1 Å². The van der Waals surface area contributed by atoms with Gasteiger partial charge in [-0.2, -0.15) is 0 Å². The Hall–Kier alpha value is -1.51. The lowest BCUT2D eigenvalue weighted by Crippen LogP contribution is -2.05. The summed E-state index contributed by atoms with van der Waals surface area (Å²) in [6.07, 6.45) is 0.844. The molecule has 0 saturated heterocycles. The molecular formula is C13H18O3. The Morgan fingerprint density at radius 2 is 2.06 bits per heavy atom. The van der Waals surface area contributed by atoms with Gasteiger partial charge < -0.3 is 0 Å². The fourth-order valence-corrected chi connectivity index (χ4v) is 1.42. The highest BCUT2D eigenvalue weighted by Crippen LogP contribution is 2.24. The van der Waals surface area contributed by atoms with Crippen LogP contribution in [0.3, 0.4) is 0 Å². The summed E-state index contributed by atoms with van der Waals surface area (Å²) in [6.45, 7) is 7.64. The average Bonchev–Trinajstić information content (AvgIpc) is 2.25.